The minimum absolute atomic E-state index is 0. The third-order valence-corrected chi connectivity index (χ3v) is 5.32. The van der Waals surface area contributed by atoms with Crippen LogP contribution in [0.25, 0.3) is 0 Å². The van der Waals surface area contributed by atoms with Crippen LogP contribution < -0.4 is 10.6 Å². The molecule has 2 N–H and O–H groups in total. The second-order valence-electron chi connectivity index (χ2n) is 8.05. The zero-order valence-electron chi connectivity index (χ0n) is 19.6. The Bertz CT molecular complexity index is 834. The molecule has 2 aromatic rings. The van der Waals surface area contributed by atoms with Crippen LogP contribution in [0.3, 0.4) is 0 Å². The summed E-state index contributed by atoms with van der Waals surface area (Å²) in [6.07, 6.45) is 3.53. The van der Waals surface area contributed by atoms with Gasteiger partial charge in [0.25, 0.3) is 5.91 Å². The van der Waals surface area contributed by atoms with Gasteiger partial charge in [-0.1, -0.05) is 12.1 Å². The van der Waals surface area contributed by atoms with E-state index in [0.29, 0.717) is 12.1 Å². The van der Waals surface area contributed by atoms with Crippen molar-refractivity contribution in [3.63, 3.8) is 0 Å². The van der Waals surface area contributed by atoms with Crippen molar-refractivity contribution in [1.82, 2.24) is 20.4 Å². The average Bonchev–Trinajstić information content (AvgIpc) is 3.34. The van der Waals surface area contributed by atoms with E-state index in [4.69, 9.17) is 14.1 Å². The van der Waals surface area contributed by atoms with Crippen molar-refractivity contribution in [2.45, 2.75) is 19.4 Å². The Morgan fingerprint density at radius 3 is 2.48 bits per heavy atom. The molecule has 9 heteroatoms. The van der Waals surface area contributed by atoms with Gasteiger partial charge in [0.05, 0.1) is 26.0 Å². The van der Waals surface area contributed by atoms with Crippen LogP contribution >= 0.6 is 24.0 Å². The number of morpholine rings is 1. The Morgan fingerprint density at radius 2 is 1.82 bits per heavy atom. The summed E-state index contributed by atoms with van der Waals surface area (Å²) in [7, 11) is 3.51. The van der Waals surface area contributed by atoms with Crippen molar-refractivity contribution in [2.24, 2.45) is 4.99 Å². The SMILES string of the molecule is CN(C)C(=O)c1ccc(CN=C(NCCCN2CCOCC2)NCCc2ccco2)cc1.I. The van der Waals surface area contributed by atoms with Crippen LogP contribution in [0.1, 0.15) is 28.1 Å². The van der Waals surface area contributed by atoms with Crippen LogP contribution in [0.15, 0.2) is 52.1 Å². The summed E-state index contributed by atoms with van der Waals surface area (Å²) in [6.45, 7) is 6.84. The maximum atomic E-state index is 12.1. The van der Waals surface area contributed by atoms with E-state index in [9.17, 15) is 4.79 Å². The molecule has 3 rings (SSSR count). The van der Waals surface area contributed by atoms with Crippen LogP contribution in [0.2, 0.25) is 0 Å². The van der Waals surface area contributed by atoms with Gasteiger partial charge in [-0.05, 0) is 42.8 Å². The van der Waals surface area contributed by atoms with Crippen molar-refractivity contribution in [2.75, 3.05) is 60.0 Å². The first-order valence-corrected chi connectivity index (χ1v) is 11.3. The molecule has 0 aliphatic carbocycles. The van der Waals surface area contributed by atoms with Crippen LogP contribution in [-0.4, -0.2) is 81.7 Å². The molecule has 1 fully saturated rings. The molecular formula is C24H36IN5O3. The molecule has 0 bridgehead atoms. The number of benzene rings is 1. The monoisotopic (exact) mass is 569 g/mol. The Kier molecular flexibility index (Phi) is 12.3. The van der Waals surface area contributed by atoms with Gasteiger partial charge in [-0.3, -0.25) is 9.69 Å². The van der Waals surface area contributed by atoms with Gasteiger partial charge in [0.1, 0.15) is 5.76 Å². The highest BCUT2D eigenvalue weighted by Gasteiger charge is 2.10. The Labute approximate surface area is 213 Å². The first-order chi connectivity index (χ1) is 15.6. The zero-order chi connectivity index (χ0) is 22.6. The van der Waals surface area contributed by atoms with Crippen LogP contribution in [0.4, 0.5) is 0 Å². The second-order valence-corrected chi connectivity index (χ2v) is 8.05. The minimum atomic E-state index is 0. The first kappa shape index (κ1) is 27.1. The molecule has 182 valence electrons. The van der Waals surface area contributed by atoms with Gasteiger partial charge in [-0.15, -0.1) is 24.0 Å². The normalized spacial score (nSPS) is 14.4. The number of carbonyl (C=O) groups excluding carboxylic acids is 1. The third kappa shape index (κ3) is 9.73. The van der Waals surface area contributed by atoms with Crippen LogP contribution in [-0.2, 0) is 17.7 Å². The van der Waals surface area contributed by atoms with E-state index >= 15 is 0 Å². The standard InChI is InChI=1S/C24H35N5O3.HI/c1-28(2)23(30)21-8-6-20(7-9-21)19-27-24(26-12-10-22-5-3-16-32-22)25-11-4-13-29-14-17-31-18-15-29;/h3,5-9,16H,4,10-15,17-19H2,1-2H3,(H2,25,26,27);1H. The summed E-state index contributed by atoms with van der Waals surface area (Å²) in [5.41, 5.74) is 1.74. The van der Waals surface area contributed by atoms with E-state index in [-0.39, 0.29) is 29.9 Å². The summed E-state index contributed by atoms with van der Waals surface area (Å²) < 4.78 is 10.8. The number of furan rings is 1. The maximum absolute atomic E-state index is 12.1. The van der Waals surface area contributed by atoms with E-state index in [0.717, 1.165) is 76.1 Å². The van der Waals surface area contributed by atoms with E-state index < -0.39 is 0 Å². The van der Waals surface area contributed by atoms with Crippen molar-refractivity contribution in [1.29, 1.82) is 0 Å². The third-order valence-electron chi connectivity index (χ3n) is 5.32. The van der Waals surface area contributed by atoms with E-state index in [2.05, 4.69) is 15.5 Å². The fourth-order valence-electron chi connectivity index (χ4n) is 3.45. The second kappa shape index (κ2) is 14.9. The van der Waals surface area contributed by atoms with Gasteiger partial charge in [0.15, 0.2) is 5.96 Å². The van der Waals surface area contributed by atoms with Gasteiger partial charge < -0.3 is 24.7 Å². The van der Waals surface area contributed by atoms with Crippen molar-refractivity contribution >= 4 is 35.8 Å². The number of amides is 1. The number of carbonyl (C=O) groups is 1. The van der Waals surface area contributed by atoms with Crippen molar-refractivity contribution in [3.8, 4) is 0 Å². The largest absolute Gasteiger partial charge is 0.469 e. The maximum Gasteiger partial charge on any atom is 0.253 e. The van der Waals surface area contributed by atoms with E-state index in [1.165, 1.54) is 0 Å². The predicted molar refractivity (Wildman–Crippen MR) is 141 cm³/mol. The van der Waals surface area contributed by atoms with Gasteiger partial charge in [-0.2, -0.15) is 0 Å². The van der Waals surface area contributed by atoms with Crippen LogP contribution in [0, 0.1) is 0 Å². The molecule has 0 spiro atoms. The summed E-state index contributed by atoms with van der Waals surface area (Å²) in [6, 6.07) is 11.5. The number of aliphatic imine (C=N–C) groups is 1. The molecule has 1 aromatic heterocycles. The smallest absolute Gasteiger partial charge is 0.253 e. The highest BCUT2D eigenvalue weighted by molar-refractivity contribution is 14.0. The van der Waals surface area contributed by atoms with Crippen molar-refractivity contribution in [3.05, 3.63) is 59.5 Å². The van der Waals surface area contributed by atoms with Crippen molar-refractivity contribution < 1.29 is 13.9 Å². The molecule has 0 saturated carbocycles. The zero-order valence-corrected chi connectivity index (χ0v) is 21.9. The molecule has 0 atom stereocenters. The molecule has 0 unspecified atom stereocenters. The molecular weight excluding hydrogens is 533 g/mol. The van der Waals surface area contributed by atoms with E-state index in [1.807, 2.05) is 36.4 Å². The van der Waals surface area contributed by atoms with Crippen LogP contribution in [0.5, 0.6) is 0 Å². The topological polar surface area (TPSA) is 82.3 Å². The molecule has 1 aromatic carbocycles. The summed E-state index contributed by atoms with van der Waals surface area (Å²) >= 11 is 0. The number of halogens is 1. The van der Waals surface area contributed by atoms with Gasteiger partial charge in [-0.25, -0.2) is 4.99 Å². The lowest BCUT2D eigenvalue weighted by molar-refractivity contribution is 0.0376. The quantitative estimate of drug-likeness (QED) is 0.198. The highest BCUT2D eigenvalue weighted by atomic mass is 127. The lowest BCUT2D eigenvalue weighted by Gasteiger charge is -2.26. The van der Waals surface area contributed by atoms with E-state index in [1.54, 1.807) is 25.3 Å². The lowest BCUT2D eigenvalue weighted by Crippen LogP contribution is -2.41. The molecule has 1 aliphatic rings. The molecule has 8 nitrogen and oxygen atoms in total. The number of nitrogens with zero attached hydrogens (tertiary/aromatic N) is 3. The molecule has 1 amide bonds. The number of nitrogens with one attached hydrogen (secondary N) is 2. The number of ether oxygens (including phenoxy) is 1. The van der Waals surface area contributed by atoms with Gasteiger partial charge in [0, 0.05) is 52.3 Å². The molecule has 1 saturated heterocycles. The molecule has 33 heavy (non-hydrogen) atoms. The minimum Gasteiger partial charge on any atom is -0.469 e. The molecule has 1 aliphatic heterocycles. The number of hydrogen-bond acceptors (Lipinski definition) is 5. The van der Waals surface area contributed by atoms with Gasteiger partial charge >= 0.3 is 0 Å². The lowest BCUT2D eigenvalue weighted by atomic mass is 10.1. The molecule has 2 heterocycles. The number of guanidine groups is 1. The number of rotatable bonds is 10. The fraction of sp³-hybridized carbons (Fsp3) is 0.500. The van der Waals surface area contributed by atoms with Gasteiger partial charge in [0.2, 0.25) is 0 Å². The average molecular weight is 569 g/mol. The summed E-state index contributed by atoms with van der Waals surface area (Å²) in [5, 5.41) is 6.84. The summed E-state index contributed by atoms with van der Waals surface area (Å²) in [4.78, 5) is 20.8. The first-order valence-electron chi connectivity index (χ1n) is 11.3. The number of hydrogen-bond donors (Lipinski definition) is 2. The fourth-order valence-corrected chi connectivity index (χ4v) is 3.45. The predicted octanol–water partition coefficient (Wildman–Crippen LogP) is 2.60. The summed E-state index contributed by atoms with van der Waals surface area (Å²) in [5.74, 6) is 1.74. The Morgan fingerprint density at radius 1 is 1.09 bits per heavy atom. The molecule has 0 radical (unpaired) electrons. The Hall–Kier alpha value is -2.11. The highest BCUT2D eigenvalue weighted by Crippen LogP contribution is 2.08. The Balaban J connectivity index is 0.00000385.